The van der Waals surface area contributed by atoms with Crippen molar-refractivity contribution in [3.8, 4) is 44.5 Å². The van der Waals surface area contributed by atoms with Gasteiger partial charge in [-0.15, -0.1) is 0 Å². The Morgan fingerprint density at radius 2 is 0.980 bits per heavy atom. The van der Waals surface area contributed by atoms with Crippen molar-refractivity contribution in [3.63, 3.8) is 0 Å². The quantitative estimate of drug-likeness (QED) is 0.175. The normalized spacial score (nSPS) is 15.7. The van der Waals surface area contributed by atoms with Crippen molar-refractivity contribution < 1.29 is 23.6 Å². The van der Waals surface area contributed by atoms with Crippen LogP contribution in [0.15, 0.2) is 186 Å². The molecule has 10 aromatic rings. The highest BCUT2D eigenvalue weighted by molar-refractivity contribution is 6.27. The third kappa shape index (κ3) is 4.40. The van der Waals surface area contributed by atoms with Crippen LogP contribution in [0.2, 0.25) is 0 Å². The molecule has 1 nitrogen and oxygen atoms in total. The molecule has 0 aliphatic rings. The molecular weight excluding hydrogens is 593 g/mol. The molecule has 1 heteroatoms. The van der Waals surface area contributed by atoms with Crippen LogP contribution >= 0.6 is 0 Å². The van der Waals surface area contributed by atoms with Crippen molar-refractivity contribution in [1.29, 1.82) is 0 Å². The first-order valence-electron chi connectivity index (χ1n) is 22.7. The van der Waals surface area contributed by atoms with E-state index in [9.17, 15) is 2.74 Å². The maximum atomic E-state index is 9.54. The Hall–Kier alpha value is -6.44. The molecule has 0 fully saturated rings. The summed E-state index contributed by atoms with van der Waals surface area (Å²) in [5, 5.41) is 5.61. The van der Waals surface area contributed by atoms with Gasteiger partial charge < -0.3 is 4.42 Å². The van der Waals surface area contributed by atoms with E-state index in [0.717, 1.165) is 27.1 Å². The highest BCUT2D eigenvalue weighted by Crippen LogP contribution is 2.49. The van der Waals surface area contributed by atoms with Crippen LogP contribution in [0.5, 0.6) is 0 Å². The van der Waals surface area contributed by atoms with Crippen molar-refractivity contribution in [2.45, 2.75) is 0 Å². The third-order valence-electron chi connectivity index (χ3n) is 9.13. The summed E-state index contributed by atoms with van der Waals surface area (Å²) in [6.45, 7) is 0. The summed E-state index contributed by atoms with van der Waals surface area (Å²) < 4.78 is 129. The van der Waals surface area contributed by atoms with E-state index < -0.39 is 90.2 Å². The lowest BCUT2D eigenvalue weighted by molar-refractivity contribution is 0.669. The van der Waals surface area contributed by atoms with Crippen molar-refractivity contribution in [2.24, 2.45) is 0 Å². The average Bonchev–Trinajstić information content (AvgIpc) is 3.66. The lowest BCUT2D eigenvalue weighted by Crippen LogP contribution is -1.93. The molecule has 1 heterocycles. The van der Waals surface area contributed by atoms with E-state index in [1.165, 1.54) is 0 Å². The van der Waals surface area contributed by atoms with Gasteiger partial charge in [-0.1, -0.05) is 157 Å². The second-order valence-electron chi connectivity index (χ2n) is 11.8. The fraction of sp³-hybridized carbons (Fsp3) is 0. The summed E-state index contributed by atoms with van der Waals surface area (Å²) in [5.74, 6) is 0. The van der Waals surface area contributed by atoms with Crippen LogP contribution in [0.1, 0.15) is 19.2 Å². The predicted molar refractivity (Wildman–Crippen MR) is 208 cm³/mol. The van der Waals surface area contributed by atoms with Gasteiger partial charge in [0.1, 0.15) is 11.2 Å². The average molecular weight is 637 g/mol. The number of benzene rings is 9. The minimum atomic E-state index is -0.689. The first-order chi connectivity index (χ1) is 30.1. The Labute approximate surface area is 304 Å². The SMILES string of the molecule is [2H]c1c([2H])c([2H])c(-c2ccc3c(-c4cccc5oc6cc7ccccc7cc6c45)c4ccccc4c(-c4c([2H])c([2H])c([2H])c([2H])c4-c4c([2H])c([2H])c([2H])c([2H])c4[2H])c3c2)c([2H])c1[2H]. The molecule has 0 atom stereocenters. The molecule has 228 valence electrons. The highest BCUT2D eigenvalue weighted by atomic mass is 16.3. The molecule has 0 aliphatic heterocycles. The molecule has 0 aliphatic carbocycles. The van der Waals surface area contributed by atoms with Gasteiger partial charge in [-0.3, -0.25) is 0 Å². The van der Waals surface area contributed by atoms with Crippen molar-refractivity contribution in [2.75, 3.05) is 0 Å². The molecule has 0 N–H and O–H groups in total. The van der Waals surface area contributed by atoms with Gasteiger partial charge in [0.05, 0.1) is 19.2 Å². The minimum Gasteiger partial charge on any atom is -0.456 e. The number of fused-ring (bicyclic) bond motifs is 6. The van der Waals surface area contributed by atoms with Crippen molar-refractivity contribution >= 4 is 54.3 Å². The zero-order valence-corrected chi connectivity index (χ0v) is 25.6. The molecule has 0 amide bonds. The monoisotopic (exact) mass is 636 g/mol. The van der Waals surface area contributed by atoms with E-state index in [0.29, 0.717) is 38.3 Å². The van der Waals surface area contributed by atoms with Gasteiger partial charge in [0.2, 0.25) is 0 Å². The van der Waals surface area contributed by atoms with Crippen LogP contribution < -0.4 is 0 Å². The molecular formula is C48H30O. The van der Waals surface area contributed by atoms with Gasteiger partial charge in [-0.25, -0.2) is 0 Å². The second-order valence-corrected chi connectivity index (χ2v) is 11.8. The number of furan rings is 1. The number of hydrogen-bond acceptors (Lipinski definition) is 1. The van der Waals surface area contributed by atoms with Crippen LogP contribution in [0.25, 0.3) is 98.8 Å². The summed E-state index contributed by atoms with van der Waals surface area (Å²) in [6.07, 6.45) is 0. The topological polar surface area (TPSA) is 13.1 Å². The van der Waals surface area contributed by atoms with Gasteiger partial charge >= 0.3 is 0 Å². The number of rotatable bonds is 4. The van der Waals surface area contributed by atoms with Crippen molar-refractivity contribution in [3.05, 3.63) is 182 Å². The van der Waals surface area contributed by atoms with Gasteiger partial charge in [0.15, 0.2) is 0 Å². The van der Waals surface area contributed by atoms with E-state index >= 15 is 0 Å². The maximum Gasteiger partial charge on any atom is 0.136 e. The summed E-state index contributed by atoms with van der Waals surface area (Å²) in [4.78, 5) is 0. The lowest BCUT2D eigenvalue weighted by Gasteiger charge is -2.21. The van der Waals surface area contributed by atoms with Crippen LogP contribution in [0, 0.1) is 0 Å². The Kier molecular flexibility index (Phi) is 3.87. The molecule has 1 aromatic heterocycles. The summed E-state index contributed by atoms with van der Waals surface area (Å²) in [7, 11) is 0. The molecule has 0 bridgehead atoms. The molecule has 0 saturated heterocycles. The maximum absolute atomic E-state index is 9.54. The number of hydrogen-bond donors (Lipinski definition) is 0. The third-order valence-corrected chi connectivity index (χ3v) is 9.13. The zero-order chi connectivity index (χ0) is 44.5. The molecule has 49 heavy (non-hydrogen) atoms. The molecule has 0 radical (unpaired) electrons. The van der Waals surface area contributed by atoms with Gasteiger partial charge in [-0.2, -0.15) is 0 Å². The Balaban J connectivity index is 1.44. The summed E-state index contributed by atoms with van der Waals surface area (Å²) in [6, 6.07) is 21.6. The Bertz CT molecular complexity index is 3630. The summed E-state index contributed by atoms with van der Waals surface area (Å²) in [5.41, 5.74) is 2.16. The molecule has 0 saturated carbocycles. The van der Waals surface area contributed by atoms with Gasteiger partial charge in [0, 0.05) is 10.8 Å². The van der Waals surface area contributed by atoms with E-state index in [-0.39, 0.29) is 27.8 Å². The van der Waals surface area contributed by atoms with Gasteiger partial charge in [-0.05, 0) is 101 Å². The highest BCUT2D eigenvalue weighted by Gasteiger charge is 2.22. The van der Waals surface area contributed by atoms with Crippen molar-refractivity contribution in [1.82, 2.24) is 0 Å². The fourth-order valence-electron chi connectivity index (χ4n) is 7.07. The predicted octanol–water partition coefficient (Wildman–Crippen LogP) is 13.7. The second kappa shape index (κ2) is 11.1. The molecule has 0 unspecified atom stereocenters. The minimum absolute atomic E-state index is 0.0980. The van der Waals surface area contributed by atoms with Crippen LogP contribution in [-0.2, 0) is 0 Å². The smallest absolute Gasteiger partial charge is 0.136 e. The fourth-order valence-corrected chi connectivity index (χ4v) is 7.07. The Morgan fingerprint density at radius 1 is 0.367 bits per heavy atom. The van der Waals surface area contributed by atoms with Crippen LogP contribution in [-0.4, -0.2) is 0 Å². The summed E-state index contributed by atoms with van der Waals surface area (Å²) >= 11 is 0. The van der Waals surface area contributed by atoms with E-state index in [2.05, 4.69) is 6.07 Å². The van der Waals surface area contributed by atoms with Gasteiger partial charge in [0.25, 0.3) is 0 Å². The molecule has 0 spiro atoms. The standard InChI is InChI=1S/C48H30O/c1-3-14-31(15-4-1)35-26-27-40-42(28-35)47(37-21-10-9-20-36(37)32-16-5-2-6-17-32)39-23-12-11-22-38(39)46(40)41-24-13-25-44-48(41)43-29-33-18-7-8-19-34(33)30-45(43)49-44/h1-30H/i1D,2D,3D,4D,5D,6D,9D,10D,14D,15D,16D,17D,20D,21D. The first kappa shape index (κ1) is 17.1. The largest absolute Gasteiger partial charge is 0.456 e. The van der Waals surface area contributed by atoms with E-state index in [1.54, 1.807) is 30.3 Å². The molecule has 10 rings (SSSR count). The Morgan fingerprint density at radius 3 is 1.73 bits per heavy atom. The van der Waals surface area contributed by atoms with Crippen LogP contribution in [0.4, 0.5) is 0 Å². The first-order valence-corrected chi connectivity index (χ1v) is 15.7. The zero-order valence-electron chi connectivity index (χ0n) is 39.6. The lowest BCUT2D eigenvalue weighted by atomic mass is 9.82. The van der Waals surface area contributed by atoms with E-state index in [4.69, 9.17) is 20.9 Å². The van der Waals surface area contributed by atoms with Crippen LogP contribution in [0.3, 0.4) is 0 Å². The van der Waals surface area contributed by atoms with E-state index in [1.807, 2.05) is 60.7 Å². The molecule has 9 aromatic carbocycles.